The summed E-state index contributed by atoms with van der Waals surface area (Å²) in [5.74, 6) is -0.633. The Balaban J connectivity index is 2.21. The molecule has 30 heavy (non-hydrogen) atoms. The highest BCUT2D eigenvalue weighted by Gasteiger charge is 2.35. The Hall–Kier alpha value is -2.54. The van der Waals surface area contributed by atoms with Crippen molar-refractivity contribution in [2.75, 3.05) is 6.26 Å². The molecule has 0 saturated carbocycles. The van der Waals surface area contributed by atoms with Crippen LogP contribution in [0.25, 0.3) is 10.9 Å². The smallest absolute Gasteiger partial charge is 0.325 e. The van der Waals surface area contributed by atoms with Crippen LogP contribution < -0.4 is 0 Å². The molecule has 0 aliphatic heterocycles. The lowest BCUT2D eigenvalue weighted by atomic mass is 9.85. The van der Waals surface area contributed by atoms with Gasteiger partial charge in [0.2, 0.25) is 0 Å². The van der Waals surface area contributed by atoms with Crippen LogP contribution in [-0.4, -0.2) is 25.3 Å². The Morgan fingerprint density at radius 3 is 2.53 bits per heavy atom. The maximum absolute atomic E-state index is 14.6. The van der Waals surface area contributed by atoms with Gasteiger partial charge in [-0.1, -0.05) is 37.3 Å². The van der Waals surface area contributed by atoms with Crippen LogP contribution in [0.15, 0.2) is 47.4 Å². The molecule has 2 aromatic carbocycles. The average Bonchev–Trinajstić information content (AvgIpc) is 3.01. The first-order valence-corrected chi connectivity index (χ1v) is 11.9. The summed E-state index contributed by atoms with van der Waals surface area (Å²) in [6.07, 6.45) is 4.10. The summed E-state index contributed by atoms with van der Waals surface area (Å²) in [5, 5.41) is 0.450. The minimum absolute atomic E-state index is 0.0298. The highest BCUT2D eigenvalue weighted by atomic mass is 32.2. The molecule has 0 fully saturated rings. The topological polar surface area (TPSA) is 56.1 Å². The monoisotopic (exact) mass is 431 g/mol. The van der Waals surface area contributed by atoms with Crippen molar-refractivity contribution in [3.8, 4) is 0 Å². The number of nitrogens with zero attached hydrogens (tertiary/aromatic N) is 1. The van der Waals surface area contributed by atoms with Crippen LogP contribution >= 0.6 is 0 Å². The molecule has 4 rings (SSSR count). The van der Waals surface area contributed by atoms with Crippen LogP contribution in [0.2, 0.25) is 0 Å². The molecule has 1 aliphatic rings. The average molecular weight is 432 g/mol. The zero-order valence-electron chi connectivity index (χ0n) is 16.9. The van der Waals surface area contributed by atoms with Gasteiger partial charge < -0.3 is 4.57 Å². The van der Waals surface area contributed by atoms with Crippen molar-refractivity contribution in [1.29, 1.82) is 0 Å². The van der Waals surface area contributed by atoms with Gasteiger partial charge in [0.25, 0.3) is 0 Å². The van der Waals surface area contributed by atoms with Gasteiger partial charge in [0.15, 0.2) is 9.84 Å². The summed E-state index contributed by atoms with van der Waals surface area (Å²) in [6, 6.07) is 7.84. The number of benzene rings is 2. The fourth-order valence-corrected chi connectivity index (χ4v) is 5.68. The Morgan fingerprint density at radius 1 is 1.23 bits per heavy atom. The van der Waals surface area contributed by atoms with Crippen LogP contribution in [0, 0.1) is 5.82 Å². The van der Waals surface area contributed by atoms with E-state index in [1.165, 1.54) is 10.6 Å². The SMILES string of the molecule is CCC1CCCc2c1n(C(C(=O)F)c1ccccc1)c1c(S(C)(=O)=O)cc(F)cc21. The molecule has 158 valence electrons. The number of carbonyl (C=O) groups excluding carboxylic acids is 1. The number of hydrogen-bond donors (Lipinski definition) is 0. The van der Waals surface area contributed by atoms with Crippen LogP contribution in [0.3, 0.4) is 0 Å². The molecule has 7 heteroatoms. The number of rotatable bonds is 5. The molecule has 2 unspecified atom stereocenters. The molecular formula is C23H23F2NO3S. The summed E-state index contributed by atoms with van der Waals surface area (Å²) in [5.41, 5.74) is 2.20. The van der Waals surface area contributed by atoms with Crippen molar-refractivity contribution in [3.63, 3.8) is 0 Å². The second kappa shape index (κ2) is 7.61. The van der Waals surface area contributed by atoms with Crippen molar-refractivity contribution in [1.82, 2.24) is 4.57 Å². The number of fused-ring (bicyclic) bond motifs is 3. The molecule has 2 atom stereocenters. The summed E-state index contributed by atoms with van der Waals surface area (Å²) in [4.78, 5) is 12.1. The minimum Gasteiger partial charge on any atom is -0.325 e. The summed E-state index contributed by atoms with van der Waals surface area (Å²) >= 11 is 0. The zero-order valence-corrected chi connectivity index (χ0v) is 17.7. The molecule has 0 N–H and O–H groups in total. The lowest BCUT2D eigenvalue weighted by Gasteiger charge is -2.27. The molecule has 1 aromatic heterocycles. The van der Waals surface area contributed by atoms with Crippen molar-refractivity contribution in [2.24, 2.45) is 0 Å². The first-order chi connectivity index (χ1) is 14.2. The summed E-state index contributed by atoms with van der Waals surface area (Å²) in [6.45, 7) is 2.01. The quantitative estimate of drug-likeness (QED) is 0.528. The Morgan fingerprint density at radius 2 is 1.93 bits per heavy atom. The van der Waals surface area contributed by atoms with Gasteiger partial charge >= 0.3 is 6.04 Å². The lowest BCUT2D eigenvalue weighted by Crippen LogP contribution is -2.23. The highest BCUT2D eigenvalue weighted by Crippen LogP contribution is 2.45. The van der Waals surface area contributed by atoms with E-state index in [-0.39, 0.29) is 16.3 Å². The van der Waals surface area contributed by atoms with E-state index in [2.05, 4.69) is 0 Å². The number of hydrogen-bond acceptors (Lipinski definition) is 3. The van der Waals surface area contributed by atoms with Crippen LogP contribution in [0.1, 0.15) is 55.0 Å². The normalized spacial score (nSPS) is 17.7. The Labute approximate surface area is 174 Å². The van der Waals surface area contributed by atoms with Gasteiger partial charge in [-0.15, -0.1) is 0 Å². The number of halogens is 2. The molecular weight excluding hydrogens is 408 g/mol. The van der Waals surface area contributed by atoms with Gasteiger partial charge in [0.1, 0.15) is 11.9 Å². The second-order valence-electron chi connectivity index (χ2n) is 7.92. The van der Waals surface area contributed by atoms with Crippen LogP contribution in [0.4, 0.5) is 8.78 Å². The minimum atomic E-state index is -3.83. The third-order valence-electron chi connectivity index (χ3n) is 6.02. The van der Waals surface area contributed by atoms with E-state index < -0.39 is 27.7 Å². The van der Waals surface area contributed by atoms with E-state index >= 15 is 0 Å². The number of sulfone groups is 1. The molecule has 0 saturated heterocycles. The van der Waals surface area contributed by atoms with Crippen molar-refractivity contribution in [3.05, 3.63) is 65.1 Å². The van der Waals surface area contributed by atoms with Crippen molar-refractivity contribution < 1.29 is 22.0 Å². The van der Waals surface area contributed by atoms with Crippen molar-refractivity contribution in [2.45, 2.75) is 49.5 Å². The largest absolute Gasteiger partial charge is 0.328 e. The third-order valence-corrected chi connectivity index (χ3v) is 7.13. The fourth-order valence-electron chi connectivity index (χ4n) is 4.79. The maximum Gasteiger partial charge on any atom is 0.328 e. The fraction of sp³-hybridized carbons (Fsp3) is 0.348. The Kier molecular flexibility index (Phi) is 5.26. The summed E-state index contributed by atoms with van der Waals surface area (Å²) < 4.78 is 55.7. The number of aromatic nitrogens is 1. The van der Waals surface area contributed by atoms with Gasteiger partial charge in [-0.3, -0.25) is 4.79 Å². The first kappa shape index (κ1) is 20.7. The molecule has 4 nitrogen and oxygen atoms in total. The van der Waals surface area contributed by atoms with E-state index in [1.807, 2.05) is 6.92 Å². The maximum atomic E-state index is 14.6. The van der Waals surface area contributed by atoms with Crippen molar-refractivity contribution >= 4 is 26.8 Å². The number of carbonyl (C=O) groups is 1. The molecule has 0 spiro atoms. The predicted molar refractivity (Wildman–Crippen MR) is 112 cm³/mol. The summed E-state index contributed by atoms with van der Waals surface area (Å²) in [7, 11) is -3.83. The van der Waals surface area contributed by atoms with Gasteiger partial charge in [-0.25, -0.2) is 12.8 Å². The van der Waals surface area contributed by atoms with Gasteiger partial charge in [-0.05, 0) is 54.9 Å². The standard InChI is InChI=1S/C23H23F2NO3S/c1-3-14-10-7-11-17-18-12-16(24)13-19(30(2,28)29)22(18)26(20(14)17)21(23(25)27)15-8-5-4-6-9-15/h4-6,8-9,12-14,21H,3,7,10-11H2,1-2H3. The van der Waals surface area contributed by atoms with Gasteiger partial charge in [0, 0.05) is 17.3 Å². The van der Waals surface area contributed by atoms with Crippen LogP contribution in [-0.2, 0) is 21.1 Å². The molecule has 1 aliphatic carbocycles. The molecule has 0 amide bonds. The number of aryl methyl sites for hydroxylation is 1. The van der Waals surface area contributed by atoms with Crippen LogP contribution in [0.5, 0.6) is 0 Å². The van der Waals surface area contributed by atoms with E-state index in [0.29, 0.717) is 17.4 Å². The Bertz CT molecular complexity index is 1230. The van der Waals surface area contributed by atoms with Gasteiger partial charge in [0.05, 0.1) is 10.4 Å². The van der Waals surface area contributed by atoms with E-state index in [1.54, 1.807) is 30.3 Å². The molecule has 0 bridgehead atoms. The van der Waals surface area contributed by atoms with Gasteiger partial charge in [-0.2, -0.15) is 4.39 Å². The zero-order chi connectivity index (χ0) is 21.6. The third kappa shape index (κ3) is 3.35. The lowest BCUT2D eigenvalue weighted by molar-refractivity contribution is -0.131. The first-order valence-electron chi connectivity index (χ1n) is 10.0. The molecule has 1 heterocycles. The van der Waals surface area contributed by atoms with E-state index in [9.17, 15) is 22.0 Å². The predicted octanol–water partition coefficient (Wildman–Crippen LogP) is 5.10. The molecule has 0 radical (unpaired) electrons. The highest BCUT2D eigenvalue weighted by molar-refractivity contribution is 7.91. The van der Waals surface area contributed by atoms with E-state index in [4.69, 9.17) is 0 Å². The molecule has 3 aromatic rings. The second-order valence-corrected chi connectivity index (χ2v) is 9.90. The van der Waals surface area contributed by atoms with E-state index in [0.717, 1.165) is 42.8 Å².